The third-order valence-electron chi connectivity index (χ3n) is 4.27. The van der Waals surface area contributed by atoms with Gasteiger partial charge in [0, 0.05) is 31.7 Å². The van der Waals surface area contributed by atoms with E-state index < -0.39 is 0 Å². The Morgan fingerprint density at radius 3 is 2.43 bits per heavy atom. The molecular weight excluding hydrogens is 314 g/mol. The Kier molecular flexibility index (Phi) is 5.85. The van der Waals surface area contributed by atoms with Crippen LogP contribution < -0.4 is 5.32 Å². The average molecular weight is 339 g/mol. The number of urea groups is 1. The lowest BCUT2D eigenvalue weighted by Gasteiger charge is -2.27. The molecular formula is C16H25N3O3S. The Morgan fingerprint density at radius 2 is 1.96 bits per heavy atom. The van der Waals surface area contributed by atoms with Crippen molar-refractivity contribution in [1.29, 1.82) is 0 Å². The molecule has 23 heavy (non-hydrogen) atoms. The van der Waals surface area contributed by atoms with Gasteiger partial charge in [-0.05, 0) is 32.6 Å². The third kappa shape index (κ3) is 4.89. The standard InChI is InChI=1S/C16H25N3O3S/c1-12-18-13(11-23-12)8-17-16(20)19(9-14-4-2-6-21-14)10-15-5-3-7-22-15/h11,14-15H,2-10H2,1H3,(H,17,20)/t14-,15-/m1/s1. The summed E-state index contributed by atoms with van der Waals surface area (Å²) in [6.07, 6.45) is 4.53. The van der Waals surface area contributed by atoms with Gasteiger partial charge >= 0.3 is 6.03 Å². The first-order chi connectivity index (χ1) is 11.2. The van der Waals surface area contributed by atoms with Crippen LogP contribution in [0.3, 0.4) is 0 Å². The van der Waals surface area contributed by atoms with Gasteiger partial charge in [0.25, 0.3) is 0 Å². The van der Waals surface area contributed by atoms with E-state index in [1.807, 2.05) is 17.2 Å². The molecule has 0 bridgehead atoms. The predicted octanol–water partition coefficient (Wildman–Crippen LogP) is 2.32. The molecule has 3 heterocycles. The van der Waals surface area contributed by atoms with Crippen molar-refractivity contribution in [1.82, 2.24) is 15.2 Å². The second kappa shape index (κ2) is 8.08. The van der Waals surface area contributed by atoms with Gasteiger partial charge in [-0.3, -0.25) is 0 Å². The quantitative estimate of drug-likeness (QED) is 0.864. The normalized spacial score (nSPS) is 24.0. The van der Waals surface area contributed by atoms with E-state index >= 15 is 0 Å². The maximum Gasteiger partial charge on any atom is 0.317 e. The number of hydrogen-bond acceptors (Lipinski definition) is 5. The summed E-state index contributed by atoms with van der Waals surface area (Å²) in [5.41, 5.74) is 0.912. The summed E-state index contributed by atoms with van der Waals surface area (Å²) < 4.78 is 11.4. The third-order valence-corrected chi connectivity index (χ3v) is 5.09. The topological polar surface area (TPSA) is 63.7 Å². The highest BCUT2D eigenvalue weighted by atomic mass is 32.1. The average Bonchev–Trinajstić information content (AvgIpc) is 3.27. The van der Waals surface area contributed by atoms with Crippen LogP contribution >= 0.6 is 11.3 Å². The zero-order chi connectivity index (χ0) is 16.1. The lowest BCUT2D eigenvalue weighted by atomic mass is 10.2. The van der Waals surface area contributed by atoms with E-state index in [1.54, 1.807) is 11.3 Å². The van der Waals surface area contributed by atoms with Gasteiger partial charge in [-0.15, -0.1) is 11.3 Å². The van der Waals surface area contributed by atoms with Crippen molar-refractivity contribution in [2.75, 3.05) is 26.3 Å². The molecule has 1 N–H and O–H groups in total. The Hall–Kier alpha value is -1.18. The summed E-state index contributed by atoms with van der Waals surface area (Å²) in [7, 11) is 0. The number of carbonyl (C=O) groups excluding carboxylic acids is 1. The number of carbonyl (C=O) groups is 1. The van der Waals surface area contributed by atoms with Crippen molar-refractivity contribution in [3.8, 4) is 0 Å². The van der Waals surface area contributed by atoms with Gasteiger partial charge in [-0.25, -0.2) is 9.78 Å². The highest BCUT2D eigenvalue weighted by Crippen LogP contribution is 2.17. The second-order valence-electron chi connectivity index (χ2n) is 6.19. The molecule has 2 saturated heterocycles. The Bertz CT molecular complexity index is 492. The van der Waals surface area contributed by atoms with Crippen molar-refractivity contribution in [3.05, 3.63) is 16.1 Å². The van der Waals surface area contributed by atoms with Crippen LogP contribution in [0.15, 0.2) is 5.38 Å². The van der Waals surface area contributed by atoms with E-state index in [4.69, 9.17) is 9.47 Å². The molecule has 0 radical (unpaired) electrons. The van der Waals surface area contributed by atoms with Gasteiger partial charge < -0.3 is 19.7 Å². The Balaban J connectivity index is 1.54. The van der Waals surface area contributed by atoms with Crippen LogP contribution in [0.4, 0.5) is 4.79 Å². The van der Waals surface area contributed by atoms with E-state index in [1.165, 1.54) is 0 Å². The fraction of sp³-hybridized carbons (Fsp3) is 0.750. The molecule has 0 aliphatic carbocycles. The molecule has 2 fully saturated rings. The van der Waals surface area contributed by atoms with E-state index in [0.29, 0.717) is 19.6 Å². The number of rotatable bonds is 6. The van der Waals surface area contributed by atoms with Crippen LogP contribution in [-0.4, -0.2) is 54.4 Å². The van der Waals surface area contributed by atoms with Crippen LogP contribution in [0.5, 0.6) is 0 Å². The van der Waals surface area contributed by atoms with E-state index in [0.717, 1.165) is 49.6 Å². The van der Waals surface area contributed by atoms with Crippen LogP contribution in [0.1, 0.15) is 36.4 Å². The molecule has 7 heteroatoms. The highest BCUT2D eigenvalue weighted by molar-refractivity contribution is 7.09. The van der Waals surface area contributed by atoms with Crippen molar-refractivity contribution in [2.45, 2.75) is 51.4 Å². The molecule has 2 aliphatic rings. The zero-order valence-corrected chi connectivity index (χ0v) is 14.4. The lowest BCUT2D eigenvalue weighted by molar-refractivity contribution is 0.0498. The minimum absolute atomic E-state index is 0.0540. The summed E-state index contributed by atoms with van der Waals surface area (Å²) in [5.74, 6) is 0. The largest absolute Gasteiger partial charge is 0.376 e. The fourth-order valence-electron chi connectivity index (χ4n) is 3.08. The Labute approximate surface area is 141 Å². The molecule has 0 saturated carbocycles. The number of thiazole rings is 1. The van der Waals surface area contributed by atoms with E-state index in [2.05, 4.69) is 10.3 Å². The molecule has 0 spiro atoms. The fourth-order valence-corrected chi connectivity index (χ4v) is 3.69. The van der Waals surface area contributed by atoms with Gasteiger partial charge in [0.2, 0.25) is 0 Å². The minimum Gasteiger partial charge on any atom is -0.376 e. The summed E-state index contributed by atoms with van der Waals surface area (Å²) in [4.78, 5) is 18.8. The number of aromatic nitrogens is 1. The van der Waals surface area contributed by atoms with Crippen molar-refractivity contribution in [2.24, 2.45) is 0 Å². The van der Waals surface area contributed by atoms with E-state index in [9.17, 15) is 4.79 Å². The molecule has 128 valence electrons. The van der Waals surface area contributed by atoms with Gasteiger partial charge in [0.05, 0.1) is 29.5 Å². The van der Waals surface area contributed by atoms with Gasteiger partial charge in [-0.1, -0.05) is 0 Å². The zero-order valence-electron chi connectivity index (χ0n) is 13.6. The SMILES string of the molecule is Cc1nc(CNC(=O)N(C[C@H]2CCCO2)C[C@H]2CCCO2)cs1. The molecule has 2 amide bonds. The summed E-state index contributed by atoms with van der Waals surface area (Å²) >= 11 is 1.60. The van der Waals surface area contributed by atoms with Gasteiger partial charge in [-0.2, -0.15) is 0 Å². The number of ether oxygens (including phenoxy) is 2. The smallest absolute Gasteiger partial charge is 0.317 e. The number of amides is 2. The molecule has 2 atom stereocenters. The maximum atomic E-state index is 12.6. The monoisotopic (exact) mass is 339 g/mol. The first kappa shape index (κ1) is 16.7. The maximum absolute atomic E-state index is 12.6. The molecule has 0 unspecified atom stereocenters. The Morgan fingerprint density at radius 1 is 1.30 bits per heavy atom. The molecule has 6 nitrogen and oxygen atoms in total. The van der Waals surface area contributed by atoms with Crippen molar-refractivity contribution < 1.29 is 14.3 Å². The van der Waals surface area contributed by atoms with Crippen LogP contribution in [-0.2, 0) is 16.0 Å². The number of nitrogens with one attached hydrogen (secondary N) is 1. The summed E-state index contributed by atoms with van der Waals surface area (Å²) in [6, 6.07) is -0.0540. The van der Waals surface area contributed by atoms with Gasteiger partial charge in [0.15, 0.2) is 0 Å². The molecule has 2 aliphatic heterocycles. The lowest BCUT2D eigenvalue weighted by Crippen LogP contribution is -2.46. The summed E-state index contributed by atoms with van der Waals surface area (Å²) in [6.45, 7) is 5.33. The number of aryl methyl sites for hydroxylation is 1. The highest BCUT2D eigenvalue weighted by Gasteiger charge is 2.26. The van der Waals surface area contributed by atoms with Crippen molar-refractivity contribution in [3.63, 3.8) is 0 Å². The van der Waals surface area contributed by atoms with Crippen LogP contribution in [0.2, 0.25) is 0 Å². The first-order valence-electron chi connectivity index (χ1n) is 8.37. The predicted molar refractivity (Wildman–Crippen MR) is 88.6 cm³/mol. The van der Waals surface area contributed by atoms with Crippen molar-refractivity contribution >= 4 is 17.4 Å². The minimum atomic E-state index is -0.0540. The van der Waals surface area contributed by atoms with Gasteiger partial charge in [0.1, 0.15) is 0 Å². The number of nitrogens with zero attached hydrogens (tertiary/aromatic N) is 2. The summed E-state index contributed by atoms with van der Waals surface area (Å²) in [5, 5.41) is 5.98. The molecule has 1 aromatic heterocycles. The molecule has 3 rings (SSSR count). The van der Waals surface area contributed by atoms with Crippen LogP contribution in [0.25, 0.3) is 0 Å². The van der Waals surface area contributed by atoms with Crippen LogP contribution in [0, 0.1) is 6.92 Å². The number of hydrogen-bond donors (Lipinski definition) is 1. The second-order valence-corrected chi connectivity index (χ2v) is 7.25. The van der Waals surface area contributed by atoms with E-state index in [-0.39, 0.29) is 18.2 Å². The molecule has 1 aromatic rings. The molecule has 0 aromatic carbocycles. The first-order valence-corrected chi connectivity index (χ1v) is 9.25.